The summed E-state index contributed by atoms with van der Waals surface area (Å²) in [7, 11) is 0. The molecule has 3 N–H and O–H groups in total. The van der Waals surface area contributed by atoms with Crippen molar-refractivity contribution in [2.24, 2.45) is 5.73 Å². The summed E-state index contributed by atoms with van der Waals surface area (Å²) in [6.45, 7) is 0. The zero-order valence-electron chi connectivity index (χ0n) is 10.5. The molecule has 0 heterocycles. The monoisotopic (exact) mass is 342 g/mol. The normalized spacial score (nSPS) is 10.2. The van der Waals surface area contributed by atoms with Crippen LogP contribution in [0.5, 0.6) is 0 Å². The highest BCUT2D eigenvalue weighted by atomic mass is 35.5. The van der Waals surface area contributed by atoms with Crippen LogP contribution in [-0.4, -0.2) is 10.9 Å². The fourth-order valence-corrected chi connectivity index (χ4v) is 2.24. The Morgan fingerprint density at radius 3 is 2.43 bits per heavy atom. The molecule has 21 heavy (non-hydrogen) atoms. The summed E-state index contributed by atoms with van der Waals surface area (Å²) in [4.78, 5) is 12.3. The quantitative estimate of drug-likeness (QED) is 0.828. The summed E-state index contributed by atoms with van der Waals surface area (Å²) in [6.07, 6.45) is 0. The van der Waals surface area contributed by atoms with E-state index in [2.05, 4.69) is 5.32 Å². The lowest BCUT2D eigenvalue weighted by atomic mass is 10.1. The number of nitrogens with one attached hydrogen (secondary N) is 1. The van der Waals surface area contributed by atoms with E-state index in [-0.39, 0.29) is 20.6 Å². The molecule has 0 saturated heterocycles. The van der Waals surface area contributed by atoms with Crippen molar-refractivity contribution in [3.05, 3.63) is 63.4 Å². The molecule has 0 unspecified atom stereocenters. The minimum atomic E-state index is -0.518. The first-order valence-electron chi connectivity index (χ1n) is 5.74. The van der Waals surface area contributed by atoms with Gasteiger partial charge in [-0.3, -0.25) is 4.79 Å². The molecule has 2 rings (SSSR count). The molecule has 1 amide bonds. The minimum absolute atomic E-state index is 0.0170. The lowest BCUT2D eigenvalue weighted by Gasteiger charge is -2.09. The van der Waals surface area contributed by atoms with Gasteiger partial charge in [-0.2, -0.15) is 0 Å². The van der Waals surface area contributed by atoms with E-state index in [1.54, 1.807) is 18.2 Å². The van der Waals surface area contributed by atoms with Gasteiger partial charge < -0.3 is 11.1 Å². The molecule has 0 radical (unpaired) electrons. The van der Waals surface area contributed by atoms with Crippen LogP contribution >= 0.6 is 35.4 Å². The predicted octanol–water partition coefficient (Wildman–Crippen LogP) is 4.02. The van der Waals surface area contributed by atoms with Crippen LogP contribution < -0.4 is 11.1 Å². The van der Waals surface area contributed by atoms with Crippen molar-refractivity contribution < 1.29 is 9.18 Å². The highest BCUT2D eigenvalue weighted by Gasteiger charge is 2.13. The number of benzene rings is 2. The molecule has 0 spiro atoms. The minimum Gasteiger partial charge on any atom is -0.389 e. The van der Waals surface area contributed by atoms with Crippen molar-refractivity contribution in [1.29, 1.82) is 0 Å². The second kappa shape index (κ2) is 6.39. The molecule has 0 bridgehead atoms. The van der Waals surface area contributed by atoms with Gasteiger partial charge in [-0.25, -0.2) is 4.39 Å². The maximum atomic E-state index is 13.0. The summed E-state index contributed by atoms with van der Waals surface area (Å²) in [6, 6.07) is 8.27. The molecule has 0 aromatic heterocycles. The number of carbonyl (C=O) groups is 1. The lowest BCUT2D eigenvalue weighted by molar-refractivity contribution is 0.102. The summed E-state index contributed by atoms with van der Waals surface area (Å²) in [5, 5.41) is 2.89. The van der Waals surface area contributed by atoms with Gasteiger partial charge in [-0.1, -0.05) is 35.4 Å². The maximum Gasteiger partial charge on any atom is 0.257 e. The topological polar surface area (TPSA) is 55.1 Å². The van der Waals surface area contributed by atoms with Crippen molar-refractivity contribution in [2.75, 3.05) is 5.32 Å². The Labute approximate surface area is 135 Å². The molecule has 0 saturated carbocycles. The van der Waals surface area contributed by atoms with E-state index in [4.69, 9.17) is 41.2 Å². The van der Waals surface area contributed by atoms with Crippen LogP contribution in [0.3, 0.4) is 0 Å². The molecule has 0 aliphatic heterocycles. The molecule has 108 valence electrons. The number of nitrogens with two attached hydrogens (primary N) is 1. The molecule has 2 aromatic rings. The van der Waals surface area contributed by atoms with E-state index in [0.717, 1.165) is 12.1 Å². The third-order valence-electron chi connectivity index (χ3n) is 2.68. The van der Waals surface area contributed by atoms with E-state index >= 15 is 0 Å². The SMILES string of the molecule is NC(=S)c1ccc(NC(=O)c2ccc(F)cc2Cl)c(Cl)c1. The zero-order chi connectivity index (χ0) is 15.6. The third-order valence-corrected chi connectivity index (χ3v) is 3.54. The number of rotatable bonds is 3. The van der Waals surface area contributed by atoms with Crippen molar-refractivity contribution in [3.63, 3.8) is 0 Å². The van der Waals surface area contributed by atoms with Crippen molar-refractivity contribution in [1.82, 2.24) is 0 Å². The van der Waals surface area contributed by atoms with Gasteiger partial charge in [-0.15, -0.1) is 0 Å². The van der Waals surface area contributed by atoms with Gasteiger partial charge in [0.05, 0.1) is 21.3 Å². The molecule has 0 aliphatic rings. The number of halogens is 3. The Hall–Kier alpha value is -1.69. The van der Waals surface area contributed by atoms with Gasteiger partial charge >= 0.3 is 0 Å². The first-order chi connectivity index (χ1) is 9.88. The standard InChI is InChI=1S/C14H9Cl2FN2OS/c15-10-6-8(17)2-3-9(10)14(20)19-12-4-1-7(13(18)21)5-11(12)16/h1-6H,(H2,18,21)(H,19,20). The molecule has 0 atom stereocenters. The number of amides is 1. The maximum absolute atomic E-state index is 13.0. The molecule has 0 fully saturated rings. The van der Waals surface area contributed by atoms with Gasteiger partial charge in [0.25, 0.3) is 5.91 Å². The Balaban J connectivity index is 2.25. The van der Waals surface area contributed by atoms with Crippen LogP contribution in [0.15, 0.2) is 36.4 Å². The number of anilines is 1. The number of thiocarbonyl (C=S) groups is 1. The fourth-order valence-electron chi connectivity index (χ4n) is 1.63. The van der Waals surface area contributed by atoms with Gasteiger partial charge in [0.1, 0.15) is 10.8 Å². The summed E-state index contributed by atoms with van der Waals surface area (Å²) >= 11 is 16.7. The van der Waals surface area contributed by atoms with Crippen LogP contribution in [0.4, 0.5) is 10.1 Å². The predicted molar refractivity (Wildman–Crippen MR) is 86.7 cm³/mol. The molecule has 0 aliphatic carbocycles. The highest BCUT2D eigenvalue weighted by Crippen LogP contribution is 2.25. The first-order valence-corrected chi connectivity index (χ1v) is 6.90. The Bertz CT molecular complexity index is 737. The Morgan fingerprint density at radius 2 is 1.86 bits per heavy atom. The second-order valence-corrected chi connectivity index (χ2v) is 5.39. The smallest absolute Gasteiger partial charge is 0.257 e. The summed E-state index contributed by atoms with van der Waals surface area (Å²) in [5.41, 5.74) is 6.60. The van der Waals surface area contributed by atoms with Gasteiger partial charge in [-0.05, 0) is 36.4 Å². The van der Waals surface area contributed by atoms with E-state index in [0.29, 0.717) is 11.3 Å². The second-order valence-electron chi connectivity index (χ2n) is 4.14. The van der Waals surface area contributed by atoms with Crippen LogP contribution in [-0.2, 0) is 0 Å². The summed E-state index contributed by atoms with van der Waals surface area (Å²) < 4.78 is 13.0. The molecule has 2 aromatic carbocycles. The highest BCUT2D eigenvalue weighted by molar-refractivity contribution is 7.80. The molecular formula is C14H9Cl2FN2OS. The number of carbonyl (C=O) groups excluding carboxylic acids is 1. The van der Waals surface area contributed by atoms with E-state index in [1.165, 1.54) is 6.07 Å². The van der Waals surface area contributed by atoms with Crippen molar-refractivity contribution >= 4 is 52.0 Å². The van der Waals surface area contributed by atoms with Crippen LogP contribution in [0.2, 0.25) is 10.0 Å². The van der Waals surface area contributed by atoms with Crippen molar-refractivity contribution in [3.8, 4) is 0 Å². The average molecular weight is 343 g/mol. The number of hydrogen-bond donors (Lipinski definition) is 2. The van der Waals surface area contributed by atoms with Gasteiger partial charge in [0.15, 0.2) is 0 Å². The summed E-state index contributed by atoms with van der Waals surface area (Å²) in [5.74, 6) is -1.01. The zero-order valence-corrected chi connectivity index (χ0v) is 12.8. The van der Waals surface area contributed by atoms with E-state index in [9.17, 15) is 9.18 Å². The molecule has 7 heteroatoms. The molecule has 3 nitrogen and oxygen atoms in total. The van der Waals surface area contributed by atoms with E-state index in [1.807, 2.05) is 0 Å². The van der Waals surface area contributed by atoms with Crippen LogP contribution in [0.25, 0.3) is 0 Å². The Kier molecular flexibility index (Phi) is 4.77. The Morgan fingerprint density at radius 1 is 1.14 bits per heavy atom. The number of hydrogen-bond acceptors (Lipinski definition) is 2. The van der Waals surface area contributed by atoms with E-state index < -0.39 is 11.7 Å². The van der Waals surface area contributed by atoms with Gasteiger partial charge in [0, 0.05) is 5.56 Å². The van der Waals surface area contributed by atoms with Crippen LogP contribution in [0, 0.1) is 5.82 Å². The third kappa shape index (κ3) is 3.69. The van der Waals surface area contributed by atoms with Gasteiger partial charge in [0.2, 0.25) is 0 Å². The fraction of sp³-hybridized carbons (Fsp3) is 0. The van der Waals surface area contributed by atoms with Crippen molar-refractivity contribution in [2.45, 2.75) is 0 Å². The van der Waals surface area contributed by atoms with Crippen LogP contribution in [0.1, 0.15) is 15.9 Å². The largest absolute Gasteiger partial charge is 0.389 e. The average Bonchev–Trinajstić information content (AvgIpc) is 2.40. The molecular weight excluding hydrogens is 334 g/mol. The first kappa shape index (κ1) is 15.7. The lowest BCUT2D eigenvalue weighted by Crippen LogP contribution is -2.14.